The van der Waals surface area contributed by atoms with Crippen LogP contribution in [0.2, 0.25) is 0 Å². The van der Waals surface area contributed by atoms with Gasteiger partial charge in [0.2, 0.25) is 0 Å². The summed E-state index contributed by atoms with van der Waals surface area (Å²) in [7, 11) is 5.51. The van der Waals surface area contributed by atoms with Crippen LogP contribution in [0.3, 0.4) is 0 Å². The fourth-order valence-corrected chi connectivity index (χ4v) is 2.63. The number of methoxy groups -OCH3 is 1. The Morgan fingerprint density at radius 2 is 2.00 bits per heavy atom. The highest BCUT2D eigenvalue weighted by molar-refractivity contribution is 5.72. The number of likely N-dealkylation sites (tertiary alicyclic amines) is 1. The number of ether oxygens (including phenoxy) is 1. The van der Waals surface area contributed by atoms with E-state index in [9.17, 15) is 4.79 Å². The summed E-state index contributed by atoms with van der Waals surface area (Å²) in [6.45, 7) is 6.33. The van der Waals surface area contributed by atoms with Gasteiger partial charge in [0.05, 0.1) is 13.0 Å². The standard InChI is InChI=1S/C13H26N2O2/c1-5-15-8-6-11(7-9-15)12(10-14(2)3)13(16)17-4/h11-12H,5-10H2,1-4H3. The van der Waals surface area contributed by atoms with Crippen molar-refractivity contribution in [2.75, 3.05) is 47.4 Å². The Balaban J connectivity index is 2.55. The summed E-state index contributed by atoms with van der Waals surface area (Å²) >= 11 is 0. The summed E-state index contributed by atoms with van der Waals surface area (Å²) < 4.78 is 4.94. The first kappa shape index (κ1) is 14.5. The van der Waals surface area contributed by atoms with Crippen LogP contribution in [0.25, 0.3) is 0 Å². The molecule has 0 aromatic carbocycles. The largest absolute Gasteiger partial charge is 0.469 e. The van der Waals surface area contributed by atoms with Gasteiger partial charge in [0.1, 0.15) is 0 Å². The first-order valence-corrected chi connectivity index (χ1v) is 6.53. The van der Waals surface area contributed by atoms with E-state index in [2.05, 4.69) is 16.7 Å². The third-order valence-corrected chi connectivity index (χ3v) is 3.71. The van der Waals surface area contributed by atoms with E-state index in [1.54, 1.807) is 0 Å². The van der Waals surface area contributed by atoms with Gasteiger partial charge in [-0.15, -0.1) is 0 Å². The minimum atomic E-state index is -0.0475. The lowest BCUT2D eigenvalue weighted by Gasteiger charge is -2.35. The van der Waals surface area contributed by atoms with Crippen LogP contribution in [0, 0.1) is 11.8 Å². The highest BCUT2D eigenvalue weighted by atomic mass is 16.5. The Hall–Kier alpha value is -0.610. The number of carbonyl (C=O) groups excluding carboxylic acids is 1. The van der Waals surface area contributed by atoms with Gasteiger partial charge in [-0.1, -0.05) is 6.92 Å². The van der Waals surface area contributed by atoms with Gasteiger partial charge in [-0.05, 0) is 52.5 Å². The Kier molecular flexibility index (Phi) is 5.92. The zero-order valence-corrected chi connectivity index (χ0v) is 11.6. The molecule has 1 saturated heterocycles. The van der Waals surface area contributed by atoms with E-state index in [-0.39, 0.29) is 11.9 Å². The molecule has 100 valence electrons. The maximum Gasteiger partial charge on any atom is 0.310 e. The van der Waals surface area contributed by atoms with E-state index in [1.807, 2.05) is 14.1 Å². The van der Waals surface area contributed by atoms with Gasteiger partial charge in [0, 0.05) is 6.54 Å². The number of piperidine rings is 1. The molecule has 0 amide bonds. The molecular weight excluding hydrogens is 216 g/mol. The summed E-state index contributed by atoms with van der Waals surface area (Å²) in [5.41, 5.74) is 0. The molecule has 4 heteroatoms. The van der Waals surface area contributed by atoms with Crippen LogP contribution in [0.1, 0.15) is 19.8 Å². The van der Waals surface area contributed by atoms with E-state index < -0.39 is 0 Å². The monoisotopic (exact) mass is 242 g/mol. The first-order chi connectivity index (χ1) is 8.08. The maximum atomic E-state index is 11.8. The molecule has 4 nitrogen and oxygen atoms in total. The molecule has 1 rings (SSSR count). The van der Waals surface area contributed by atoms with E-state index >= 15 is 0 Å². The molecule has 1 aliphatic heterocycles. The summed E-state index contributed by atoms with van der Waals surface area (Å²) in [5.74, 6) is 0.468. The number of nitrogens with zero attached hydrogens (tertiary/aromatic N) is 2. The highest BCUT2D eigenvalue weighted by Gasteiger charge is 2.32. The van der Waals surface area contributed by atoms with Gasteiger partial charge >= 0.3 is 5.97 Å². The van der Waals surface area contributed by atoms with Crippen LogP contribution in [-0.4, -0.2) is 63.2 Å². The van der Waals surface area contributed by atoms with Crippen molar-refractivity contribution in [2.45, 2.75) is 19.8 Å². The van der Waals surface area contributed by atoms with Gasteiger partial charge < -0.3 is 14.5 Å². The molecule has 0 aliphatic carbocycles. The Morgan fingerprint density at radius 3 is 2.41 bits per heavy atom. The average Bonchev–Trinajstić information content (AvgIpc) is 2.35. The minimum Gasteiger partial charge on any atom is -0.469 e. The highest BCUT2D eigenvalue weighted by Crippen LogP contribution is 2.26. The number of rotatable bonds is 5. The van der Waals surface area contributed by atoms with Gasteiger partial charge in [-0.2, -0.15) is 0 Å². The topological polar surface area (TPSA) is 32.8 Å². The molecule has 0 bridgehead atoms. The molecule has 0 N–H and O–H groups in total. The second kappa shape index (κ2) is 6.97. The molecular formula is C13H26N2O2. The average molecular weight is 242 g/mol. The third kappa shape index (κ3) is 4.28. The second-order valence-corrected chi connectivity index (χ2v) is 5.16. The molecule has 1 atom stereocenters. The van der Waals surface area contributed by atoms with Crippen molar-refractivity contribution in [3.63, 3.8) is 0 Å². The van der Waals surface area contributed by atoms with E-state index in [0.717, 1.165) is 39.0 Å². The van der Waals surface area contributed by atoms with Crippen LogP contribution in [0.4, 0.5) is 0 Å². The predicted octanol–water partition coefficient (Wildman–Crippen LogP) is 1.07. The molecule has 0 aromatic heterocycles. The fourth-order valence-electron chi connectivity index (χ4n) is 2.63. The minimum absolute atomic E-state index is 0.0361. The molecule has 1 heterocycles. The van der Waals surface area contributed by atoms with Crippen molar-refractivity contribution in [3.8, 4) is 0 Å². The molecule has 0 aromatic rings. The van der Waals surface area contributed by atoms with Crippen molar-refractivity contribution in [3.05, 3.63) is 0 Å². The van der Waals surface area contributed by atoms with Crippen LogP contribution in [0.15, 0.2) is 0 Å². The smallest absolute Gasteiger partial charge is 0.310 e. The SMILES string of the molecule is CCN1CCC(C(CN(C)C)C(=O)OC)CC1. The Bertz CT molecular complexity index is 236. The summed E-state index contributed by atoms with van der Waals surface area (Å²) in [5, 5.41) is 0. The van der Waals surface area contributed by atoms with Crippen molar-refractivity contribution in [1.29, 1.82) is 0 Å². The number of hydrogen-bond acceptors (Lipinski definition) is 4. The molecule has 0 spiro atoms. The van der Waals surface area contributed by atoms with E-state index in [4.69, 9.17) is 4.74 Å². The van der Waals surface area contributed by atoms with Crippen LogP contribution >= 0.6 is 0 Å². The number of esters is 1. The molecule has 0 radical (unpaired) electrons. The van der Waals surface area contributed by atoms with Crippen molar-refractivity contribution < 1.29 is 9.53 Å². The van der Waals surface area contributed by atoms with Gasteiger partial charge in [-0.3, -0.25) is 4.79 Å². The molecule has 0 saturated carbocycles. The molecule has 1 fully saturated rings. The van der Waals surface area contributed by atoms with Crippen molar-refractivity contribution in [1.82, 2.24) is 9.80 Å². The van der Waals surface area contributed by atoms with Crippen LogP contribution in [-0.2, 0) is 9.53 Å². The zero-order valence-electron chi connectivity index (χ0n) is 11.6. The van der Waals surface area contributed by atoms with Gasteiger partial charge in [0.25, 0.3) is 0 Å². The predicted molar refractivity (Wildman–Crippen MR) is 68.9 cm³/mol. The Morgan fingerprint density at radius 1 is 1.41 bits per heavy atom. The second-order valence-electron chi connectivity index (χ2n) is 5.16. The van der Waals surface area contributed by atoms with Gasteiger partial charge in [-0.25, -0.2) is 0 Å². The van der Waals surface area contributed by atoms with Crippen molar-refractivity contribution >= 4 is 5.97 Å². The normalized spacial score (nSPS) is 20.5. The molecule has 17 heavy (non-hydrogen) atoms. The third-order valence-electron chi connectivity index (χ3n) is 3.71. The Labute approximate surface area is 105 Å². The lowest BCUT2D eigenvalue weighted by Crippen LogP contribution is -2.41. The van der Waals surface area contributed by atoms with Gasteiger partial charge in [0.15, 0.2) is 0 Å². The first-order valence-electron chi connectivity index (χ1n) is 6.53. The van der Waals surface area contributed by atoms with Crippen LogP contribution < -0.4 is 0 Å². The fraction of sp³-hybridized carbons (Fsp3) is 0.923. The van der Waals surface area contributed by atoms with Crippen molar-refractivity contribution in [2.24, 2.45) is 11.8 Å². The lowest BCUT2D eigenvalue weighted by atomic mass is 9.84. The van der Waals surface area contributed by atoms with E-state index in [1.165, 1.54) is 7.11 Å². The maximum absolute atomic E-state index is 11.8. The van der Waals surface area contributed by atoms with E-state index in [0.29, 0.717) is 5.92 Å². The summed E-state index contributed by atoms with van der Waals surface area (Å²) in [6.07, 6.45) is 2.23. The quantitative estimate of drug-likeness (QED) is 0.675. The van der Waals surface area contributed by atoms with Crippen LogP contribution in [0.5, 0.6) is 0 Å². The summed E-state index contributed by atoms with van der Waals surface area (Å²) in [4.78, 5) is 16.4. The number of hydrogen-bond donors (Lipinski definition) is 0. The summed E-state index contributed by atoms with van der Waals surface area (Å²) in [6, 6.07) is 0. The zero-order chi connectivity index (χ0) is 12.8. The number of carbonyl (C=O) groups is 1. The molecule has 1 unspecified atom stereocenters. The molecule has 1 aliphatic rings. The lowest BCUT2D eigenvalue weighted by molar-refractivity contribution is -0.148.